The molecule has 0 atom stereocenters. The topological polar surface area (TPSA) is 140 Å². The number of nitrogens with two attached hydrogens (primary N) is 1. The monoisotopic (exact) mass is 440 g/mol. The number of hydrogen-bond acceptors (Lipinski definition) is 8. The molecule has 1 saturated heterocycles. The van der Waals surface area contributed by atoms with E-state index in [0.717, 1.165) is 0 Å². The minimum atomic E-state index is -3.60. The molecule has 4 rings (SSSR count). The Morgan fingerprint density at radius 2 is 1.84 bits per heavy atom. The zero-order valence-electron chi connectivity index (χ0n) is 16.4. The van der Waals surface area contributed by atoms with Gasteiger partial charge in [-0.3, -0.25) is 9.78 Å². The Balaban J connectivity index is 1.57. The second-order valence-corrected chi connectivity index (χ2v) is 8.66. The Kier molecular flexibility index (Phi) is 5.89. The molecule has 0 bridgehead atoms. The fraction of sp³-hybridized carbons (Fsp3) is 0.200. The lowest BCUT2D eigenvalue weighted by Crippen LogP contribution is -2.40. The summed E-state index contributed by atoms with van der Waals surface area (Å²) >= 11 is 0. The summed E-state index contributed by atoms with van der Waals surface area (Å²) < 4.78 is 32.1. The van der Waals surface area contributed by atoms with Crippen molar-refractivity contribution < 1.29 is 17.9 Å². The number of amides is 1. The average molecular weight is 440 g/mol. The quantitative estimate of drug-likeness (QED) is 0.606. The van der Waals surface area contributed by atoms with E-state index in [-0.39, 0.29) is 16.4 Å². The number of pyridine rings is 1. The zero-order chi connectivity index (χ0) is 21.8. The number of anilines is 2. The fourth-order valence-electron chi connectivity index (χ4n) is 3.07. The van der Waals surface area contributed by atoms with Crippen LogP contribution in [0.5, 0.6) is 0 Å². The molecule has 0 radical (unpaired) electrons. The Hall–Kier alpha value is -3.41. The van der Waals surface area contributed by atoms with E-state index in [1.807, 2.05) is 0 Å². The smallest absolute Gasteiger partial charge is 0.278 e. The molecular formula is C20H20N6O4S. The van der Waals surface area contributed by atoms with Crippen LogP contribution in [0.1, 0.15) is 10.5 Å². The number of ether oxygens (including phenoxy) is 1. The van der Waals surface area contributed by atoms with Crippen LogP contribution < -0.4 is 11.1 Å². The molecule has 11 heteroatoms. The molecule has 3 heterocycles. The van der Waals surface area contributed by atoms with E-state index in [1.54, 1.807) is 30.5 Å². The fourth-order valence-corrected chi connectivity index (χ4v) is 4.47. The van der Waals surface area contributed by atoms with Crippen LogP contribution in [0.2, 0.25) is 0 Å². The minimum Gasteiger partial charge on any atom is -0.382 e. The van der Waals surface area contributed by atoms with E-state index < -0.39 is 15.9 Å². The first-order valence-corrected chi connectivity index (χ1v) is 10.9. The number of aromatic nitrogens is 3. The summed E-state index contributed by atoms with van der Waals surface area (Å²) in [6.45, 7) is 1.40. The van der Waals surface area contributed by atoms with Gasteiger partial charge in [0.25, 0.3) is 5.91 Å². The van der Waals surface area contributed by atoms with Gasteiger partial charge >= 0.3 is 0 Å². The van der Waals surface area contributed by atoms with Gasteiger partial charge in [0.2, 0.25) is 10.0 Å². The van der Waals surface area contributed by atoms with Gasteiger partial charge in [0.1, 0.15) is 0 Å². The number of nitrogen functional groups attached to an aromatic ring is 1. The number of carbonyl (C=O) groups is 1. The number of benzene rings is 1. The van der Waals surface area contributed by atoms with Crippen LogP contribution in [0, 0.1) is 0 Å². The number of carbonyl (C=O) groups excluding carboxylic acids is 1. The molecule has 1 aromatic carbocycles. The van der Waals surface area contributed by atoms with E-state index in [2.05, 4.69) is 20.3 Å². The van der Waals surface area contributed by atoms with Crippen LogP contribution in [0.4, 0.5) is 11.5 Å². The standard InChI is InChI=1S/C20H20N6O4S/c21-19-18(20(27)24-15-2-1-7-22-12-15)25-17(13-23-19)14-3-5-16(6-4-14)31(28,29)26-8-10-30-11-9-26/h1-7,12-13H,8-11H2,(H2,21,23)(H,24,27). The summed E-state index contributed by atoms with van der Waals surface area (Å²) in [5.41, 5.74) is 7.29. The predicted molar refractivity (Wildman–Crippen MR) is 114 cm³/mol. The third kappa shape index (κ3) is 4.53. The van der Waals surface area contributed by atoms with Gasteiger partial charge in [-0.25, -0.2) is 18.4 Å². The lowest BCUT2D eigenvalue weighted by atomic mass is 10.1. The summed E-state index contributed by atoms with van der Waals surface area (Å²) in [5, 5.41) is 2.66. The molecule has 3 N–H and O–H groups in total. The van der Waals surface area contributed by atoms with E-state index in [1.165, 1.54) is 28.8 Å². The SMILES string of the molecule is Nc1ncc(-c2ccc(S(=O)(=O)N3CCOCC3)cc2)nc1C(=O)Nc1cccnc1. The van der Waals surface area contributed by atoms with Crippen LogP contribution in [-0.2, 0) is 14.8 Å². The van der Waals surface area contributed by atoms with Gasteiger partial charge in [0.05, 0.1) is 41.9 Å². The van der Waals surface area contributed by atoms with Crippen molar-refractivity contribution in [2.45, 2.75) is 4.90 Å². The molecule has 160 valence electrons. The summed E-state index contributed by atoms with van der Waals surface area (Å²) in [5.74, 6) is -0.539. The lowest BCUT2D eigenvalue weighted by Gasteiger charge is -2.26. The maximum absolute atomic E-state index is 12.8. The van der Waals surface area contributed by atoms with Crippen molar-refractivity contribution in [3.05, 3.63) is 60.7 Å². The largest absolute Gasteiger partial charge is 0.382 e. The molecule has 1 aliphatic heterocycles. The number of hydrogen-bond donors (Lipinski definition) is 2. The molecule has 1 amide bonds. The highest BCUT2D eigenvalue weighted by Crippen LogP contribution is 2.23. The van der Waals surface area contributed by atoms with Crippen molar-refractivity contribution in [3.8, 4) is 11.3 Å². The third-order valence-corrected chi connectivity index (χ3v) is 6.61. The first-order chi connectivity index (χ1) is 14.9. The zero-order valence-corrected chi connectivity index (χ0v) is 17.2. The van der Waals surface area contributed by atoms with Gasteiger partial charge in [0.15, 0.2) is 11.5 Å². The highest BCUT2D eigenvalue weighted by atomic mass is 32.2. The van der Waals surface area contributed by atoms with Crippen LogP contribution in [0.25, 0.3) is 11.3 Å². The Morgan fingerprint density at radius 3 is 2.52 bits per heavy atom. The highest BCUT2D eigenvalue weighted by molar-refractivity contribution is 7.89. The second kappa shape index (κ2) is 8.76. The number of nitrogens with one attached hydrogen (secondary N) is 1. The average Bonchev–Trinajstić information content (AvgIpc) is 2.80. The molecule has 3 aromatic rings. The molecule has 0 spiro atoms. The Morgan fingerprint density at radius 1 is 1.10 bits per heavy atom. The summed E-state index contributed by atoms with van der Waals surface area (Å²) in [6.07, 6.45) is 4.52. The first-order valence-electron chi connectivity index (χ1n) is 9.47. The van der Waals surface area contributed by atoms with Crippen molar-refractivity contribution in [1.82, 2.24) is 19.3 Å². The van der Waals surface area contributed by atoms with Crippen molar-refractivity contribution in [3.63, 3.8) is 0 Å². The van der Waals surface area contributed by atoms with Crippen LogP contribution in [-0.4, -0.2) is 59.9 Å². The first kappa shape index (κ1) is 20.8. The Labute approximate surface area is 179 Å². The molecule has 0 aliphatic carbocycles. The summed E-state index contributed by atoms with van der Waals surface area (Å²) in [6, 6.07) is 9.63. The molecule has 0 saturated carbocycles. The van der Waals surface area contributed by atoms with Crippen molar-refractivity contribution in [2.75, 3.05) is 37.4 Å². The third-order valence-electron chi connectivity index (χ3n) is 4.69. The molecule has 0 unspecified atom stereocenters. The van der Waals surface area contributed by atoms with Crippen molar-refractivity contribution in [1.29, 1.82) is 0 Å². The number of rotatable bonds is 5. The van der Waals surface area contributed by atoms with E-state index >= 15 is 0 Å². The van der Waals surface area contributed by atoms with Gasteiger partial charge in [-0.1, -0.05) is 12.1 Å². The van der Waals surface area contributed by atoms with Crippen LogP contribution in [0.15, 0.2) is 59.9 Å². The number of sulfonamides is 1. The lowest BCUT2D eigenvalue weighted by molar-refractivity contribution is 0.0730. The van der Waals surface area contributed by atoms with Gasteiger partial charge in [-0.15, -0.1) is 0 Å². The van der Waals surface area contributed by atoms with E-state index in [4.69, 9.17) is 10.5 Å². The van der Waals surface area contributed by atoms with Crippen molar-refractivity contribution in [2.24, 2.45) is 0 Å². The molecule has 10 nitrogen and oxygen atoms in total. The molecule has 1 fully saturated rings. The van der Waals surface area contributed by atoms with E-state index in [9.17, 15) is 13.2 Å². The minimum absolute atomic E-state index is 0.0170. The van der Waals surface area contributed by atoms with Gasteiger partial charge in [0, 0.05) is 24.8 Å². The molecule has 1 aliphatic rings. The van der Waals surface area contributed by atoms with Crippen molar-refractivity contribution >= 4 is 27.4 Å². The van der Waals surface area contributed by atoms with Gasteiger partial charge in [-0.05, 0) is 24.3 Å². The second-order valence-electron chi connectivity index (χ2n) is 6.73. The van der Waals surface area contributed by atoms with Gasteiger partial charge in [-0.2, -0.15) is 4.31 Å². The summed E-state index contributed by atoms with van der Waals surface area (Å²) in [7, 11) is -3.60. The highest BCUT2D eigenvalue weighted by Gasteiger charge is 2.26. The Bertz CT molecular complexity index is 1180. The van der Waals surface area contributed by atoms with Crippen LogP contribution >= 0.6 is 0 Å². The number of morpholine rings is 1. The van der Waals surface area contributed by atoms with Gasteiger partial charge < -0.3 is 15.8 Å². The van der Waals surface area contributed by atoms with E-state index in [0.29, 0.717) is 43.2 Å². The maximum atomic E-state index is 12.8. The summed E-state index contributed by atoms with van der Waals surface area (Å²) in [4.78, 5) is 25.1. The molecule has 31 heavy (non-hydrogen) atoms. The van der Waals surface area contributed by atoms with Crippen LogP contribution in [0.3, 0.4) is 0 Å². The molecule has 2 aromatic heterocycles. The predicted octanol–water partition coefficient (Wildman–Crippen LogP) is 1.39. The molecular weight excluding hydrogens is 420 g/mol. The maximum Gasteiger partial charge on any atom is 0.278 e. The number of nitrogens with zero attached hydrogens (tertiary/aromatic N) is 4. The normalized spacial score (nSPS) is 14.8.